The van der Waals surface area contributed by atoms with Crippen LogP contribution in [0.25, 0.3) is 22.3 Å². The summed E-state index contributed by atoms with van der Waals surface area (Å²) >= 11 is 0. The van der Waals surface area contributed by atoms with Crippen LogP contribution in [0, 0.1) is 5.92 Å². The molecule has 15 nitrogen and oxygen atoms in total. The van der Waals surface area contributed by atoms with Crippen LogP contribution in [0.2, 0.25) is 0 Å². The number of nitrogens with zero attached hydrogens (tertiary/aromatic N) is 3. The van der Waals surface area contributed by atoms with Gasteiger partial charge in [0, 0.05) is 34.4 Å². The van der Waals surface area contributed by atoms with E-state index in [1.165, 1.54) is 12.2 Å². The Labute approximate surface area is 332 Å². The molecular weight excluding hydrogens is 745 g/mol. The van der Waals surface area contributed by atoms with Gasteiger partial charge in [0.15, 0.2) is 5.60 Å². The summed E-state index contributed by atoms with van der Waals surface area (Å²) in [6, 6.07) is 9.82. The van der Waals surface area contributed by atoms with E-state index in [9.17, 15) is 38.7 Å². The Morgan fingerprint density at radius 2 is 1.60 bits per heavy atom. The molecule has 0 radical (unpaired) electrons. The first kappa shape index (κ1) is 38.4. The predicted molar refractivity (Wildman–Crippen MR) is 211 cm³/mol. The van der Waals surface area contributed by atoms with Crippen molar-refractivity contribution in [1.82, 2.24) is 20.2 Å². The number of aromatic nitrogens is 2. The van der Waals surface area contributed by atoms with Crippen LogP contribution in [0.15, 0.2) is 59.4 Å². The van der Waals surface area contributed by atoms with Gasteiger partial charge in [-0.1, -0.05) is 32.9 Å². The number of fused-ring (bicyclic) bond motifs is 5. The molecule has 4 aromatic rings. The molecule has 0 spiro atoms. The summed E-state index contributed by atoms with van der Waals surface area (Å²) in [7, 11) is 0. The third kappa shape index (κ3) is 6.35. The number of esters is 1. The molecule has 2 aromatic heterocycles. The van der Waals surface area contributed by atoms with Crippen molar-refractivity contribution in [2.75, 3.05) is 10.2 Å². The van der Waals surface area contributed by atoms with E-state index in [1.807, 2.05) is 6.07 Å². The average molecular weight is 787 g/mol. The average Bonchev–Trinajstić information content (AvgIpc) is 3.75. The fourth-order valence-electron chi connectivity index (χ4n) is 8.41. The van der Waals surface area contributed by atoms with Gasteiger partial charge in [0.2, 0.25) is 17.7 Å². The van der Waals surface area contributed by atoms with E-state index < -0.39 is 53.2 Å². The van der Waals surface area contributed by atoms with Crippen molar-refractivity contribution in [2.45, 2.75) is 90.6 Å². The van der Waals surface area contributed by atoms with E-state index in [4.69, 9.17) is 9.72 Å². The molecule has 4 N–H and O–H groups in total. The van der Waals surface area contributed by atoms with Crippen molar-refractivity contribution in [3.05, 3.63) is 98.4 Å². The zero-order valence-corrected chi connectivity index (χ0v) is 32.4. The highest BCUT2D eigenvalue weighted by Crippen LogP contribution is 2.43. The zero-order chi connectivity index (χ0) is 41.2. The maximum absolute atomic E-state index is 13.8. The van der Waals surface area contributed by atoms with Crippen molar-refractivity contribution in [1.29, 1.82) is 0 Å². The van der Waals surface area contributed by atoms with E-state index in [2.05, 4.69) is 16.0 Å². The van der Waals surface area contributed by atoms with Crippen LogP contribution in [0.3, 0.4) is 0 Å². The van der Waals surface area contributed by atoms with Gasteiger partial charge in [-0.2, -0.15) is 0 Å². The number of imide groups is 1. The number of cyclic esters (lactones) is 1. The number of carbonyl (C=O) groups is 6. The van der Waals surface area contributed by atoms with Crippen molar-refractivity contribution in [3.63, 3.8) is 0 Å². The van der Waals surface area contributed by atoms with E-state index in [0.717, 1.165) is 39.8 Å². The molecule has 1 aliphatic carbocycles. The standard InChI is InChI=1S/C43H42N6O9/c1-5-43(57)29-18-32-38-27(19-48(32)41(55)28(29)20-58-42(43)56)25-7-6-8-26-30(13-14-31(45-38)36(25)26)46-39(53)22(4)44-40(54)37(21(2)3)47-33(50)17-23-9-11-24(12-10-23)49-34(51)15-16-35(49)52/h9-16,18,21-22,37,57H,5-8,17,19-20H2,1-4H3,(H,44,54)(H,46,53)(H,47,50)/t22-,37-,43-/m0/s1. The predicted octanol–water partition coefficient (Wildman–Crippen LogP) is 2.82. The van der Waals surface area contributed by atoms with Crippen LogP contribution in [-0.2, 0) is 71.5 Å². The van der Waals surface area contributed by atoms with Gasteiger partial charge in [0.05, 0.1) is 41.1 Å². The summed E-state index contributed by atoms with van der Waals surface area (Å²) in [5.74, 6) is -3.36. The second kappa shape index (κ2) is 14.5. The van der Waals surface area contributed by atoms with Gasteiger partial charge in [-0.25, -0.2) is 14.7 Å². The highest BCUT2D eigenvalue weighted by atomic mass is 16.6. The number of ether oxygens (including phenoxy) is 1. The van der Waals surface area contributed by atoms with E-state index in [0.29, 0.717) is 40.3 Å². The Kier molecular flexibility index (Phi) is 9.58. The summed E-state index contributed by atoms with van der Waals surface area (Å²) in [6.45, 7) is 6.86. The fourth-order valence-corrected chi connectivity index (χ4v) is 8.41. The number of amides is 5. The van der Waals surface area contributed by atoms with Crippen LogP contribution < -0.4 is 26.4 Å². The maximum Gasteiger partial charge on any atom is 0.343 e. The number of benzene rings is 2. The lowest BCUT2D eigenvalue weighted by Crippen LogP contribution is -2.54. The lowest BCUT2D eigenvalue weighted by Gasteiger charge is -2.31. The van der Waals surface area contributed by atoms with Gasteiger partial charge < -0.3 is 30.4 Å². The molecule has 0 fully saturated rings. The van der Waals surface area contributed by atoms with Gasteiger partial charge in [0.1, 0.15) is 18.7 Å². The minimum absolute atomic E-state index is 0.0471. The van der Waals surface area contributed by atoms with Crippen molar-refractivity contribution in [2.24, 2.45) is 5.92 Å². The summed E-state index contributed by atoms with van der Waals surface area (Å²) in [4.78, 5) is 96.5. The topological polar surface area (TPSA) is 206 Å². The van der Waals surface area contributed by atoms with Gasteiger partial charge in [0.25, 0.3) is 17.4 Å². The first-order valence-electron chi connectivity index (χ1n) is 19.4. The maximum atomic E-state index is 13.8. The number of aliphatic hydroxyl groups is 1. The van der Waals surface area contributed by atoms with Gasteiger partial charge in [-0.3, -0.25) is 28.8 Å². The Balaban J connectivity index is 0.968. The summed E-state index contributed by atoms with van der Waals surface area (Å²) in [5, 5.41) is 20.7. The number of rotatable bonds is 10. The number of hydrogen-bond donors (Lipinski definition) is 4. The van der Waals surface area contributed by atoms with Crippen molar-refractivity contribution in [3.8, 4) is 11.4 Å². The first-order chi connectivity index (χ1) is 27.7. The zero-order valence-electron chi connectivity index (χ0n) is 32.4. The molecule has 58 heavy (non-hydrogen) atoms. The summed E-state index contributed by atoms with van der Waals surface area (Å²) in [6.07, 6.45) is 4.56. The molecule has 3 aliphatic heterocycles. The lowest BCUT2D eigenvalue weighted by atomic mass is 9.85. The molecule has 15 heteroatoms. The molecule has 0 saturated heterocycles. The Hall–Kier alpha value is -6.48. The molecule has 0 bridgehead atoms. The van der Waals surface area contributed by atoms with Crippen LogP contribution in [0.5, 0.6) is 0 Å². The minimum Gasteiger partial charge on any atom is -0.458 e. The van der Waals surface area contributed by atoms with E-state index in [-0.39, 0.29) is 48.6 Å². The highest BCUT2D eigenvalue weighted by Gasteiger charge is 2.45. The Bertz CT molecular complexity index is 2560. The molecule has 4 aliphatic rings. The van der Waals surface area contributed by atoms with Crippen molar-refractivity contribution < 1.29 is 38.6 Å². The third-order valence-corrected chi connectivity index (χ3v) is 11.6. The second-order valence-electron chi connectivity index (χ2n) is 15.6. The Morgan fingerprint density at radius 3 is 2.29 bits per heavy atom. The normalized spacial score (nSPS) is 18.7. The second-order valence-corrected chi connectivity index (χ2v) is 15.6. The molecule has 2 aromatic carbocycles. The third-order valence-electron chi connectivity index (χ3n) is 11.6. The molecular formula is C43H42N6O9. The number of aryl methyl sites for hydroxylation is 2. The summed E-state index contributed by atoms with van der Waals surface area (Å²) in [5.41, 5.74) is 4.49. The SMILES string of the molecule is CC[C@@]1(O)C(=O)OCc2c1cc1n(c2=O)Cc2c-1nc1ccc(NC(=O)[C@H](C)NC(=O)[C@@H](NC(=O)Cc3ccc(N4C(=O)C=CC4=O)cc3)C(C)C)c3c1c2CCC3. The number of nitrogens with one attached hydrogen (secondary N) is 3. The quantitative estimate of drug-likeness (QED) is 0.120. The number of pyridine rings is 2. The number of anilines is 2. The minimum atomic E-state index is -1.92. The van der Waals surface area contributed by atoms with Crippen LogP contribution in [0.4, 0.5) is 11.4 Å². The molecule has 298 valence electrons. The van der Waals surface area contributed by atoms with Gasteiger partial charge in [-0.05, 0) is 85.5 Å². The fraction of sp³-hybridized carbons (Fsp3) is 0.349. The van der Waals surface area contributed by atoms with Gasteiger partial charge in [-0.15, -0.1) is 0 Å². The highest BCUT2D eigenvalue weighted by molar-refractivity contribution is 6.28. The number of carbonyl (C=O) groups excluding carboxylic acids is 6. The van der Waals surface area contributed by atoms with Gasteiger partial charge >= 0.3 is 5.97 Å². The smallest absolute Gasteiger partial charge is 0.343 e. The molecule has 0 unspecified atom stereocenters. The van der Waals surface area contributed by atoms with Crippen LogP contribution >= 0.6 is 0 Å². The summed E-state index contributed by atoms with van der Waals surface area (Å²) < 4.78 is 6.83. The molecule has 5 amide bonds. The molecule has 3 atom stereocenters. The van der Waals surface area contributed by atoms with Crippen LogP contribution in [-0.4, -0.2) is 62.2 Å². The van der Waals surface area contributed by atoms with E-state index >= 15 is 0 Å². The van der Waals surface area contributed by atoms with Crippen LogP contribution in [0.1, 0.15) is 73.9 Å². The largest absolute Gasteiger partial charge is 0.458 e. The van der Waals surface area contributed by atoms with E-state index in [1.54, 1.807) is 68.7 Å². The number of hydrogen-bond acceptors (Lipinski definition) is 10. The molecule has 0 saturated carbocycles. The molecule has 5 heterocycles. The first-order valence-corrected chi connectivity index (χ1v) is 19.4. The lowest BCUT2D eigenvalue weighted by molar-refractivity contribution is -0.172. The molecule has 8 rings (SSSR count). The van der Waals surface area contributed by atoms with Crippen molar-refractivity contribution >= 4 is 57.8 Å². The monoisotopic (exact) mass is 786 g/mol. The Morgan fingerprint density at radius 1 is 0.897 bits per heavy atom.